The molecule has 2 rings (SSSR count). The van der Waals surface area contributed by atoms with Crippen molar-refractivity contribution in [1.82, 2.24) is 10.6 Å². The SMILES string of the molecule is C1=CC=C(OC2=CC=CC=CN2)NC=C1.[B]. The molecule has 4 heteroatoms. The van der Waals surface area contributed by atoms with Crippen LogP contribution in [0, 0.1) is 0 Å². The Labute approximate surface area is 97.1 Å². The standard InChI is InChI=1S/C12H12N2O.B/c1-3-7-11(13-9-5-1)15-12-8-4-2-6-10-14-12;/h1-10,13-14H;. The Bertz CT molecular complexity index is 365. The average Bonchev–Trinajstić information content (AvgIpc) is 2.63. The molecule has 2 aliphatic heterocycles. The van der Waals surface area contributed by atoms with Gasteiger partial charge in [-0.15, -0.1) is 0 Å². The zero-order chi connectivity index (χ0) is 10.3. The van der Waals surface area contributed by atoms with Crippen molar-refractivity contribution in [2.24, 2.45) is 0 Å². The maximum atomic E-state index is 5.59. The van der Waals surface area contributed by atoms with Gasteiger partial charge in [0.25, 0.3) is 0 Å². The molecule has 2 heterocycles. The van der Waals surface area contributed by atoms with Crippen molar-refractivity contribution in [3.05, 3.63) is 72.8 Å². The summed E-state index contributed by atoms with van der Waals surface area (Å²) >= 11 is 0. The van der Waals surface area contributed by atoms with Gasteiger partial charge in [-0.3, -0.25) is 0 Å². The van der Waals surface area contributed by atoms with Gasteiger partial charge in [-0.05, 0) is 24.3 Å². The molecule has 0 fully saturated rings. The lowest BCUT2D eigenvalue weighted by atomic mass is 10.5. The zero-order valence-corrected chi connectivity index (χ0v) is 8.76. The molecule has 3 radical (unpaired) electrons. The van der Waals surface area contributed by atoms with E-state index in [9.17, 15) is 0 Å². The van der Waals surface area contributed by atoms with E-state index < -0.39 is 0 Å². The van der Waals surface area contributed by atoms with E-state index in [1.165, 1.54) is 0 Å². The molecular weight excluding hydrogens is 199 g/mol. The Hall–Kier alpha value is -2.10. The highest BCUT2D eigenvalue weighted by molar-refractivity contribution is 5.75. The fourth-order valence-corrected chi connectivity index (χ4v) is 1.13. The maximum Gasteiger partial charge on any atom is 0.199 e. The Morgan fingerprint density at radius 1 is 0.688 bits per heavy atom. The molecule has 3 nitrogen and oxygen atoms in total. The second-order valence-corrected chi connectivity index (χ2v) is 2.94. The summed E-state index contributed by atoms with van der Waals surface area (Å²) < 4.78 is 5.59. The summed E-state index contributed by atoms with van der Waals surface area (Å²) in [4.78, 5) is 0. The third kappa shape index (κ3) is 3.57. The summed E-state index contributed by atoms with van der Waals surface area (Å²) in [5.41, 5.74) is 0. The molecule has 0 aliphatic carbocycles. The smallest absolute Gasteiger partial charge is 0.199 e. The summed E-state index contributed by atoms with van der Waals surface area (Å²) in [6, 6.07) is 0. The number of nitrogens with one attached hydrogen (secondary N) is 2. The minimum Gasteiger partial charge on any atom is -0.425 e. The fourth-order valence-electron chi connectivity index (χ4n) is 1.13. The van der Waals surface area contributed by atoms with Gasteiger partial charge in [0.2, 0.25) is 0 Å². The van der Waals surface area contributed by atoms with Gasteiger partial charge in [0.15, 0.2) is 11.8 Å². The van der Waals surface area contributed by atoms with E-state index >= 15 is 0 Å². The van der Waals surface area contributed by atoms with Crippen LogP contribution in [0.15, 0.2) is 72.8 Å². The number of allylic oxidation sites excluding steroid dienone is 8. The van der Waals surface area contributed by atoms with Crippen LogP contribution in [-0.4, -0.2) is 8.41 Å². The summed E-state index contributed by atoms with van der Waals surface area (Å²) in [7, 11) is 0. The van der Waals surface area contributed by atoms with E-state index in [2.05, 4.69) is 10.6 Å². The van der Waals surface area contributed by atoms with Crippen LogP contribution in [0.1, 0.15) is 0 Å². The molecule has 0 saturated heterocycles. The van der Waals surface area contributed by atoms with Crippen LogP contribution in [0.5, 0.6) is 0 Å². The zero-order valence-electron chi connectivity index (χ0n) is 8.76. The summed E-state index contributed by atoms with van der Waals surface area (Å²) in [6.45, 7) is 0. The van der Waals surface area contributed by atoms with Crippen molar-refractivity contribution in [3.63, 3.8) is 0 Å². The summed E-state index contributed by atoms with van der Waals surface area (Å²) in [6.07, 6.45) is 18.8. The topological polar surface area (TPSA) is 33.3 Å². The van der Waals surface area contributed by atoms with E-state index in [1.54, 1.807) is 0 Å². The Balaban J connectivity index is 0.00000128. The molecule has 0 unspecified atom stereocenters. The first kappa shape index (κ1) is 12.0. The van der Waals surface area contributed by atoms with Crippen molar-refractivity contribution >= 4 is 8.41 Å². The number of hydrogen-bond donors (Lipinski definition) is 2. The van der Waals surface area contributed by atoms with Crippen LogP contribution >= 0.6 is 0 Å². The average molecular weight is 211 g/mol. The highest BCUT2D eigenvalue weighted by Crippen LogP contribution is 2.05. The van der Waals surface area contributed by atoms with E-state index in [4.69, 9.17) is 4.74 Å². The largest absolute Gasteiger partial charge is 0.425 e. The molecule has 2 N–H and O–H groups in total. The van der Waals surface area contributed by atoms with Crippen LogP contribution in [0.4, 0.5) is 0 Å². The van der Waals surface area contributed by atoms with E-state index in [0.29, 0.717) is 11.8 Å². The molecule has 0 amide bonds. The first-order valence-electron chi connectivity index (χ1n) is 4.73. The van der Waals surface area contributed by atoms with Gasteiger partial charge < -0.3 is 15.4 Å². The van der Waals surface area contributed by atoms with Gasteiger partial charge >= 0.3 is 0 Å². The summed E-state index contributed by atoms with van der Waals surface area (Å²) in [5, 5.41) is 6.03. The molecule has 0 aromatic heterocycles. The molecular formula is C12H12BN2O. The van der Waals surface area contributed by atoms with Gasteiger partial charge in [-0.2, -0.15) is 0 Å². The number of rotatable bonds is 2. The summed E-state index contributed by atoms with van der Waals surface area (Å²) in [5.74, 6) is 1.37. The first-order chi connectivity index (χ1) is 7.45. The molecule has 16 heavy (non-hydrogen) atoms. The second-order valence-electron chi connectivity index (χ2n) is 2.94. The first-order valence-corrected chi connectivity index (χ1v) is 4.73. The Kier molecular flexibility index (Phi) is 4.79. The Morgan fingerprint density at radius 3 is 1.69 bits per heavy atom. The van der Waals surface area contributed by atoms with Crippen molar-refractivity contribution in [1.29, 1.82) is 0 Å². The molecule has 0 bridgehead atoms. The molecule has 0 aromatic carbocycles. The minimum absolute atomic E-state index is 0. The lowest BCUT2D eigenvalue weighted by Gasteiger charge is -2.11. The van der Waals surface area contributed by atoms with Gasteiger partial charge in [0, 0.05) is 20.8 Å². The van der Waals surface area contributed by atoms with E-state index in [0.717, 1.165) is 0 Å². The minimum atomic E-state index is 0. The van der Waals surface area contributed by atoms with E-state index in [1.807, 2.05) is 61.0 Å². The molecule has 79 valence electrons. The molecule has 0 spiro atoms. The van der Waals surface area contributed by atoms with Crippen molar-refractivity contribution in [3.8, 4) is 0 Å². The van der Waals surface area contributed by atoms with Gasteiger partial charge in [0.1, 0.15) is 0 Å². The van der Waals surface area contributed by atoms with Crippen LogP contribution < -0.4 is 10.6 Å². The third-order valence-electron chi connectivity index (χ3n) is 1.80. The van der Waals surface area contributed by atoms with Crippen LogP contribution in [0.25, 0.3) is 0 Å². The quantitative estimate of drug-likeness (QED) is 0.681. The lowest BCUT2D eigenvalue weighted by Crippen LogP contribution is -2.14. The maximum absolute atomic E-state index is 5.59. The second kappa shape index (κ2) is 6.40. The van der Waals surface area contributed by atoms with Crippen molar-refractivity contribution in [2.45, 2.75) is 0 Å². The van der Waals surface area contributed by atoms with Gasteiger partial charge in [-0.25, -0.2) is 0 Å². The number of ether oxygens (including phenoxy) is 1. The monoisotopic (exact) mass is 211 g/mol. The predicted octanol–water partition coefficient (Wildman–Crippen LogP) is 1.65. The molecule has 0 saturated carbocycles. The normalized spacial score (nSPS) is 17.0. The Morgan fingerprint density at radius 2 is 1.19 bits per heavy atom. The number of hydrogen-bond acceptors (Lipinski definition) is 3. The highest BCUT2D eigenvalue weighted by Gasteiger charge is 2.00. The van der Waals surface area contributed by atoms with Crippen LogP contribution in [0.2, 0.25) is 0 Å². The van der Waals surface area contributed by atoms with Crippen LogP contribution in [-0.2, 0) is 4.74 Å². The van der Waals surface area contributed by atoms with E-state index in [-0.39, 0.29) is 8.41 Å². The van der Waals surface area contributed by atoms with Gasteiger partial charge in [0.05, 0.1) is 0 Å². The molecule has 2 aliphatic rings. The third-order valence-corrected chi connectivity index (χ3v) is 1.80. The molecule has 0 atom stereocenters. The van der Waals surface area contributed by atoms with Gasteiger partial charge in [-0.1, -0.05) is 24.3 Å². The fraction of sp³-hybridized carbons (Fsp3) is 0. The highest BCUT2D eigenvalue weighted by atomic mass is 16.5. The van der Waals surface area contributed by atoms with Crippen molar-refractivity contribution < 1.29 is 4.74 Å². The lowest BCUT2D eigenvalue weighted by molar-refractivity contribution is 0.268. The van der Waals surface area contributed by atoms with Crippen molar-refractivity contribution in [2.75, 3.05) is 0 Å². The molecule has 0 aromatic rings. The van der Waals surface area contributed by atoms with Crippen LogP contribution in [0.3, 0.4) is 0 Å². The predicted molar refractivity (Wildman–Crippen MR) is 65.8 cm³/mol.